The van der Waals surface area contributed by atoms with Crippen LogP contribution in [-0.2, 0) is 6.18 Å². The summed E-state index contributed by atoms with van der Waals surface area (Å²) in [6.07, 6.45) is 0.746. The number of imidazole rings is 1. The topological polar surface area (TPSA) is 74.4 Å². The van der Waals surface area contributed by atoms with Crippen LogP contribution in [0.1, 0.15) is 34.9 Å². The Morgan fingerprint density at radius 3 is 2.58 bits per heavy atom. The standard InChI is InChI=1S/C22H17F4N5O2/c1-32-20-15(10-28-21(29-20)33-2)18-9-14(19-27-5-6-31(19)30-18)13-8-12(13)11-3-4-16(17(23)7-11)22(24,25)26/h3-7,9-10,12-13H,8H2,1-2H3/t12-,13?/m1/s1. The van der Waals surface area contributed by atoms with Gasteiger partial charge in [0.2, 0.25) is 5.88 Å². The maximum absolute atomic E-state index is 14.1. The molecule has 0 spiro atoms. The Labute approximate surface area is 185 Å². The molecule has 0 radical (unpaired) electrons. The zero-order chi connectivity index (χ0) is 23.3. The lowest BCUT2D eigenvalue weighted by Gasteiger charge is -2.11. The van der Waals surface area contributed by atoms with Crippen LogP contribution in [0.2, 0.25) is 0 Å². The quantitative estimate of drug-likeness (QED) is 0.405. The lowest BCUT2D eigenvalue weighted by atomic mass is 10.0. The second kappa shape index (κ2) is 7.68. The van der Waals surface area contributed by atoms with E-state index in [0.29, 0.717) is 28.9 Å². The summed E-state index contributed by atoms with van der Waals surface area (Å²) < 4.78 is 64.8. The average Bonchev–Trinajstić information content (AvgIpc) is 3.45. The van der Waals surface area contributed by atoms with Crippen molar-refractivity contribution in [3.05, 3.63) is 65.4 Å². The fourth-order valence-corrected chi connectivity index (χ4v) is 4.03. The van der Waals surface area contributed by atoms with Gasteiger partial charge in [0.05, 0.1) is 31.0 Å². The minimum absolute atomic E-state index is 0.0575. The number of methoxy groups -OCH3 is 2. The molecule has 1 saturated carbocycles. The van der Waals surface area contributed by atoms with E-state index in [1.807, 2.05) is 6.07 Å². The van der Waals surface area contributed by atoms with Crippen molar-refractivity contribution in [3.63, 3.8) is 0 Å². The Morgan fingerprint density at radius 1 is 1.06 bits per heavy atom. The lowest BCUT2D eigenvalue weighted by molar-refractivity contribution is -0.140. The molecule has 1 aliphatic carbocycles. The van der Waals surface area contributed by atoms with Crippen molar-refractivity contribution in [2.45, 2.75) is 24.4 Å². The molecule has 33 heavy (non-hydrogen) atoms. The molecule has 1 unspecified atom stereocenters. The molecule has 5 rings (SSSR count). The Morgan fingerprint density at radius 2 is 1.88 bits per heavy atom. The lowest BCUT2D eigenvalue weighted by Crippen LogP contribution is -2.08. The van der Waals surface area contributed by atoms with Gasteiger partial charge < -0.3 is 9.47 Å². The molecule has 170 valence electrons. The van der Waals surface area contributed by atoms with E-state index in [4.69, 9.17) is 9.47 Å². The molecule has 0 N–H and O–H groups in total. The molecule has 0 amide bonds. The molecule has 0 bridgehead atoms. The summed E-state index contributed by atoms with van der Waals surface area (Å²) in [5.74, 6) is -1.19. The number of alkyl halides is 3. The Hall–Kier alpha value is -3.76. The third-order valence-corrected chi connectivity index (χ3v) is 5.69. The first-order valence-electron chi connectivity index (χ1n) is 9.96. The normalized spacial score (nSPS) is 17.9. The van der Waals surface area contributed by atoms with Crippen LogP contribution < -0.4 is 9.47 Å². The smallest absolute Gasteiger partial charge is 0.419 e. The number of aromatic nitrogens is 5. The fourth-order valence-electron chi connectivity index (χ4n) is 4.03. The van der Waals surface area contributed by atoms with Crippen molar-refractivity contribution in [1.82, 2.24) is 24.6 Å². The number of fused-ring (bicyclic) bond motifs is 1. The SMILES string of the molecule is COc1ncc(-c2cc(C3C[C@@H]3c3ccc(C(F)(F)F)c(F)c3)c3nccn3n2)c(OC)n1. The van der Waals surface area contributed by atoms with Crippen LogP contribution in [0.5, 0.6) is 11.9 Å². The van der Waals surface area contributed by atoms with Crippen molar-refractivity contribution in [2.24, 2.45) is 0 Å². The number of benzene rings is 1. The van der Waals surface area contributed by atoms with Gasteiger partial charge in [-0.15, -0.1) is 0 Å². The molecular weight excluding hydrogens is 442 g/mol. The van der Waals surface area contributed by atoms with E-state index in [9.17, 15) is 17.6 Å². The Kier molecular flexibility index (Phi) is 4.91. The van der Waals surface area contributed by atoms with Crippen LogP contribution in [0.4, 0.5) is 17.6 Å². The molecule has 1 fully saturated rings. The van der Waals surface area contributed by atoms with E-state index in [1.165, 1.54) is 26.5 Å². The molecule has 1 aliphatic rings. The second-order valence-corrected chi connectivity index (χ2v) is 7.65. The number of hydrogen-bond acceptors (Lipinski definition) is 6. The summed E-state index contributed by atoms with van der Waals surface area (Å²) in [7, 11) is 2.91. The van der Waals surface area contributed by atoms with Gasteiger partial charge in [-0.25, -0.2) is 18.9 Å². The molecule has 3 heterocycles. The van der Waals surface area contributed by atoms with Gasteiger partial charge in [0.25, 0.3) is 0 Å². The van der Waals surface area contributed by atoms with Gasteiger partial charge in [-0.05, 0) is 42.0 Å². The van der Waals surface area contributed by atoms with Crippen LogP contribution in [0, 0.1) is 5.82 Å². The monoisotopic (exact) mass is 459 g/mol. The largest absolute Gasteiger partial charge is 0.480 e. The summed E-state index contributed by atoms with van der Waals surface area (Å²) in [6, 6.07) is 5.08. The van der Waals surface area contributed by atoms with E-state index >= 15 is 0 Å². The van der Waals surface area contributed by atoms with Crippen LogP contribution >= 0.6 is 0 Å². The zero-order valence-corrected chi connectivity index (χ0v) is 17.5. The fraction of sp³-hybridized carbons (Fsp3) is 0.273. The van der Waals surface area contributed by atoms with E-state index in [-0.39, 0.29) is 23.7 Å². The summed E-state index contributed by atoms with van der Waals surface area (Å²) in [4.78, 5) is 12.7. The predicted molar refractivity (Wildman–Crippen MR) is 109 cm³/mol. The molecular formula is C22H17F4N5O2. The summed E-state index contributed by atoms with van der Waals surface area (Å²) in [5.41, 5.74) is 1.77. The third-order valence-electron chi connectivity index (χ3n) is 5.69. The minimum Gasteiger partial charge on any atom is -0.480 e. The molecule has 1 aromatic carbocycles. The van der Waals surface area contributed by atoms with E-state index in [0.717, 1.165) is 17.7 Å². The molecule has 0 saturated heterocycles. The second-order valence-electron chi connectivity index (χ2n) is 7.65. The van der Waals surface area contributed by atoms with Crippen molar-refractivity contribution in [1.29, 1.82) is 0 Å². The molecule has 0 aliphatic heterocycles. The highest BCUT2D eigenvalue weighted by Crippen LogP contribution is 2.56. The highest BCUT2D eigenvalue weighted by Gasteiger charge is 2.43. The van der Waals surface area contributed by atoms with Crippen molar-refractivity contribution >= 4 is 5.65 Å². The zero-order valence-electron chi connectivity index (χ0n) is 17.5. The maximum atomic E-state index is 14.1. The molecule has 11 heteroatoms. The average molecular weight is 459 g/mol. The van der Waals surface area contributed by atoms with Crippen molar-refractivity contribution in [2.75, 3.05) is 14.2 Å². The number of rotatable bonds is 5. The maximum Gasteiger partial charge on any atom is 0.419 e. The molecule has 2 atom stereocenters. The summed E-state index contributed by atoms with van der Waals surface area (Å²) >= 11 is 0. The molecule has 3 aromatic heterocycles. The third kappa shape index (κ3) is 3.73. The highest BCUT2D eigenvalue weighted by molar-refractivity contribution is 5.68. The number of nitrogens with zero attached hydrogens (tertiary/aromatic N) is 5. The van der Waals surface area contributed by atoms with E-state index in [1.54, 1.807) is 16.9 Å². The van der Waals surface area contributed by atoms with Gasteiger partial charge in [0.1, 0.15) is 5.82 Å². The molecule has 4 aromatic rings. The number of hydrogen-bond donors (Lipinski definition) is 0. The van der Waals surface area contributed by atoms with Crippen molar-refractivity contribution < 1.29 is 27.0 Å². The van der Waals surface area contributed by atoms with Gasteiger partial charge in [-0.3, -0.25) is 0 Å². The van der Waals surface area contributed by atoms with E-state index < -0.39 is 17.6 Å². The molecule has 7 nitrogen and oxygen atoms in total. The highest BCUT2D eigenvalue weighted by atomic mass is 19.4. The van der Waals surface area contributed by atoms with Gasteiger partial charge in [0, 0.05) is 24.2 Å². The summed E-state index contributed by atoms with van der Waals surface area (Å²) in [5, 5.41) is 4.56. The number of ether oxygens (including phenoxy) is 2. The minimum atomic E-state index is -4.73. The van der Waals surface area contributed by atoms with Crippen LogP contribution in [0.25, 0.3) is 16.9 Å². The van der Waals surface area contributed by atoms with Crippen LogP contribution in [-0.4, -0.2) is 38.8 Å². The van der Waals surface area contributed by atoms with Gasteiger partial charge in [-0.2, -0.15) is 23.3 Å². The summed E-state index contributed by atoms with van der Waals surface area (Å²) in [6.45, 7) is 0. The van der Waals surface area contributed by atoms with Crippen LogP contribution in [0.15, 0.2) is 42.9 Å². The predicted octanol–water partition coefficient (Wildman–Crippen LogP) is 4.63. The van der Waals surface area contributed by atoms with Crippen LogP contribution in [0.3, 0.4) is 0 Å². The van der Waals surface area contributed by atoms with Crippen molar-refractivity contribution in [3.8, 4) is 23.1 Å². The first-order valence-corrected chi connectivity index (χ1v) is 9.96. The van der Waals surface area contributed by atoms with Gasteiger partial charge in [0.15, 0.2) is 5.65 Å². The Balaban J connectivity index is 1.53. The first kappa shape index (κ1) is 21.1. The number of halogens is 4. The van der Waals surface area contributed by atoms with Gasteiger partial charge >= 0.3 is 12.2 Å². The Bertz CT molecular complexity index is 1350. The van der Waals surface area contributed by atoms with Gasteiger partial charge in [-0.1, -0.05) is 6.07 Å². The van der Waals surface area contributed by atoms with E-state index in [2.05, 4.69) is 20.1 Å². The first-order chi connectivity index (χ1) is 15.8.